The summed E-state index contributed by atoms with van der Waals surface area (Å²) in [7, 11) is 0. The molecule has 0 spiro atoms. The van der Waals surface area contributed by atoms with Gasteiger partial charge in [-0.15, -0.1) is 15.2 Å². The zero-order valence-corrected chi connectivity index (χ0v) is 9.52. The standard InChI is InChI=1S/C6H13.C4H7.Mg/c1-3-5-6-4-2;1-3-4-2;/h1,3-6H2,2H3;3-4H,1H2,2H3;/b;4-3+;. The molecule has 0 N–H and O–H groups in total. The summed E-state index contributed by atoms with van der Waals surface area (Å²) in [6.45, 7) is 4.39. The minimum absolute atomic E-state index is 0.286. The summed E-state index contributed by atoms with van der Waals surface area (Å²) in [5.74, 6) is 0. The zero-order valence-electron chi connectivity index (χ0n) is 8.10. The Hall–Kier alpha value is 0.506. The molecular formula is C10H20Mg. The minimum Gasteiger partial charge on any atom is -0.145 e. The fraction of sp³-hybridized carbons (Fsp3) is 0.800. The van der Waals surface area contributed by atoms with Gasteiger partial charge in [0.05, 0.1) is 0 Å². The zero-order chi connectivity index (χ0) is 8.36. The van der Waals surface area contributed by atoms with Crippen molar-refractivity contribution in [2.45, 2.75) is 48.6 Å². The lowest BCUT2D eigenvalue weighted by molar-refractivity contribution is 0.700. The van der Waals surface area contributed by atoms with Crippen LogP contribution in [0.2, 0.25) is 9.10 Å². The molecule has 0 aromatic heterocycles. The number of unbranched alkanes of at least 4 members (excludes halogenated alkanes) is 3. The highest BCUT2D eigenvalue weighted by atomic mass is 24.5. The summed E-state index contributed by atoms with van der Waals surface area (Å²) in [6.07, 6.45) is 10.3. The molecule has 0 amide bonds. The van der Waals surface area contributed by atoms with Crippen LogP contribution in [0.1, 0.15) is 39.5 Å². The summed E-state index contributed by atoms with van der Waals surface area (Å²) in [6, 6.07) is 0. The number of allylic oxidation sites excluding steroid dienone is 2. The Morgan fingerprint density at radius 2 is 2.00 bits per heavy atom. The SMILES string of the molecule is C/C=C/[CH2][Mg][CH2]CCCCC. The van der Waals surface area contributed by atoms with Gasteiger partial charge in [0.25, 0.3) is 0 Å². The fourth-order valence-electron chi connectivity index (χ4n) is 1.21. The lowest BCUT2D eigenvalue weighted by atomic mass is 10.2. The van der Waals surface area contributed by atoms with Crippen LogP contribution in [0.5, 0.6) is 0 Å². The molecule has 0 nitrogen and oxygen atoms in total. The molecule has 0 unspecified atom stereocenters. The summed E-state index contributed by atoms with van der Waals surface area (Å²) in [5.41, 5.74) is 0. The van der Waals surface area contributed by atoms with Crippen molar-refractivity contribution in [3.63, 3.8) is 0 Å². The van der Waals surface area contributed by atoms with E-state index in [9.17, 15) is 0 Å². The molecule has 11 heavy (non-hydrogen) atoms. The van der Waals surface area contributed by atoms with Crippen molar-refractivity contribution in [1.29, 1.82) is 0 Å². The summed E-state index contributed by atoms with van der Waals surface area (Å²) in [4.78, 5) is 0. The van der Waals surface area contributed by atoms with E-state index >= 15 is 0 Å². The number of hydrogen-bond donors (Lipinski definition) is 0. The molecule has 0 atom stereocenters. The Morgan fingerprint density at radius 1 is 1.18 bits per heavy atom. The van der Waals surface area contributed by atoms with Crippen molar-refractivity contribution in [3.05, 3.63) is 12.2 Å². The summed E-state index contributed by atoms with van der Waals surface area (Å²) >= 11 is 0.286. The van der Waals surface area contributed by atoms with Crippen LogP contribution in [0, 0.1) is 0 Å². The second-order valence-corrected chi connectivity index (χ2v) is 5.12. The second-order valence-electron chi connectivity index (χ2n) is 3.13. The van der Waals surface area contributed by atoms with Crippen LogP contribution in [0.25, 0.3) is 0 Å². The number of hydrogen-bond acceptors (Lipinski definition) is 0. The minimum atomic E-state index is 0.286. The maximum absolute atomic E-state index is 2.33. The van der Waals surface area contributed by atoms with Gasteiger partial charge in [-0.3, -0.25) is 0 Å². The van der Waals surface area contributed by atoms with E-state index in [2.05, 4.69) is 26.0 Å². The third kappa shape index (κ3) is 10.5. The smallest absolute Gasteiger partial charge is 0.145 e. The Labute approximate surface area is 81.2 Å². The molecule has 0 bridgehead atoms. The first-order valence-electron chi connectivity index (χ1n) is 5.03. The maximum Gasteiger partial charge on any atom is 0.369 e. The van der Waals surface area contributed by atoms with E-state index in [0.717, 1.165) is 0 Å². The molecule has 62 valence electrons. The van der Waals surface area contributed by atoms with Gasteiger partial charge in [0.2, 0.25) is 0 Å². The largest absolute Gasteiger partial charge is 0.369 e. The van der Waals surface area contributed by atoms with Crippen LogP contribution in [0.15, 0.2) is 12.2 Å². The van der Waals surface area contributed by atoms with E-state index < -0.39 is 0 Å². The third-order valence-electron chi connectivity index (χ3n) is 1.96. The summed E-state index contributed by atoms with van der Waals surface area (Å²) in [5, 5.41) is 0. The predicted molar refractivity (Wildman–Crippen MR) is 54.3 cm³/mol. The van der Waals surface area contributed by atoms with Gasteiger partial charge in [0.1, 0.15) is 0 Å². The first-order chi connectivity index (χ1) is 5.41. The van der Waals surface area contributed by atoms with Gasteiger partial charge < -0.3 is 0 Å². The van der Waals surface area contributed by atoms with Gasteiger partial charge in [-0.25, -0.2) is 0 Å². The van der Waals surface area contributed by atoms with Gasteiger partial charge in [-0.05, 0) is 6.92 Å². The topological polar surface area (TPSA) is 0 Å². The van der Waals surface area contributed by atoms with E-state index in [1.54, 1.807) is 4.55 Å². The van der Waals surface area contributed by atoms with E-state index in [0.29, 0.717) is 0 Å². The monoisotopic (exact) mass is 164 g/mol. The molecule has 0 aliphatic carbocycles. The average molecular weight is 165 g/mol. The average Bonchev–Trinajstić information content (AvgIpc) is 2.03. The molecule has 1 heteroatoms. The Morgan fingerprint density at radius 3 is 2.64 bits per heavy atom. The number of rotatable bonds is 7. The lowest BCUT2D eigenvalue weighted by Gasteiger charge is -1.95. The molecule has 0 heterocycles. The van der Waals surface area contributed by atoms with Crippen molar-refractivity contribution >= 4 is 20.4 Å². The van der Waals surface area contributed by atoms with Gasteiger partial charge in [-0.2, -0.15) is 0 Å². The van der Waals surface area contributed by atoms with Crippen LogP contribution in [0.4, 0.5) is 0 Å². The highest BCUT2D eigenvalue weighted by molar-refractivity contribution is 6.36. The van der Waals surface area contributed by atoms with E-state index in [1.807, 2.05) is 0 Å². The van der Waals surface area contributed by atoms with Crippen molar-refractivity contribution in [2.24, 2.45) is 0 Å². The Bertz CT molecular complexity index is 86.9. The highest BCUT2D eigenvalue weighted by Gasteiger charge is 1.92. The molecule has 0 aromatic carbocycles. The molecular weight excluding hydrogens is 144 g/mol. The normalized spacial score (nSPS) is 10.4. The quantitative estimate of drug-likeness (QED) is 0.306. The summed E-state index contributed by atoms with van der Waals surface area (Å²) < 4.78 is 2.98. The van der Waals surface area contributed by atoms with Gasteiger partial charge >= 0.3 is 20.4 Å². The lowest BCUT2D eigenvalue weighted by Crippen LogP contribution is -1.86. The molecule has 0 saturated heterocycles. The Balaban J connectivity index is 2.79. The van der Waals surface area contributed by atoms with Crippen molar-refractivity contribution < 1.29 is 0 Å². The highest BCUT2D eigenvalue weighted by Crippen LogP contribution is 2.03. The van der Waals surface area contributed by atoms with Gasteiger partial charge in [-0.1, -0.05) is 38.7 Å². The van der Waals surface area contributed by atoms with Crippen LogP contribution in [-0.2, 0) is 0 Å². The van der Waals surface area contributed by atoms with Crippen molar-refractivity contribution in [3.8, 4) is 0 Å². The van der Waals surface area contributed by atoms with E-state index in [1.165, 1.54) is 30.2 Å². The second kappa shape index (κ2) is 10.5. The molecule has 0 aliphatic rings. The first-order valence-corrected chi connectivity index (χ1v) is 7.03. The molecule has 0 rings (SSSR count). The molecule has 0 saturated carbocycles. The maximum atomic E-state index is 2.33. The third-order valence-corrected chi connectivity index (χ3v) is 3.70. The predicted octanol–water partition coefficient (Wildman–Crippen LogP) is 3.68. The van der Waals surface area contributed by atoms with Crippen LogP contribution in [0.3, 0.4) is 0 Å². The fourth-order valence-corrected chi connectivity index (χ4v) is 2.77. The van der Waals surface area contributed by atoms with Crippen LogP contribution < -0.4 is 0 Å². The molecule has 0 aliphatic heterocycles. The molecule has 0 aromatic rings. The van der Waals surface area contributed by atoms with Gasteiger partial charge in [0, 0.05) is 0 Å². The van der Waals surface area contributed by atoms with E-state index in [-0.39, 0.29) is 20.4 Å². The first kappa shape index (κ1) is 11.5. The Kier molecular flexibility index (Phi) is 11.0. The van der Waals surface area contributed by atoms with Crippen molar-refractivity contribution in [1.82, 2.24) is 0 Å². The van der Waals surface area contributed by atoms with Crippen molar-refractivity contribution in [2.75, 3.05) is 0 Å². The van der Waals surface area contributed by atoms with Crippen LogP contribution >= 0.6 is 0 Å². The van der Waals surface area contributed by atoms with E-state index in [4.69, 9.17) is 0 Å². The van der Waals surface area contributed by atoms with Crippen LogP contribution in [-0.4, -0.2) is 20.4 Å². The molecule has 0 radical (unpaired) electrons. The molecule has 0 fully saturated rings. The van der Waals surface area contributed by atoms with Gasteiger partial charge in [0.15, 0.2) is 0 Å².